The molecule has 124 valence electrons. The van der Waals surface area contributed by atoms with E-state index in [-0.39, 0.29) is 18.3 Å². The first-order valence-electron chi connectivity index (χ1n) is 7.38. The number of hydrogen-bond donors (Lipinski definition) is 2. The number of benzene rings is 1. The predicted molar refractivity (Wildman–Crippen MR) is 100 cm³/mol. The van der Waals surface area contributed by atoms with Crippen LogP contribution in [0.1, 0.15) is 30.9 Å². The maximum atomic E-state index is 12.1. The third-order valence-electron chi connectivity index (χ3n) is 3.80. The lowest BCUT2D eigenvalue weighted by molar-refractivity contribution is -0.119. The third-order valence-corrected chi connectivity index (χ3v) is 5.82. The van der Waals surface area contributed by atoms with E-state index in [9.17, 15) is 4.79 Å². The molecular weight excluding hydrogens is 384 g/mol. The van der Waals surface area contributed by atoms with Gasteiger partial charge in [-0.2, -0.15) is 0 Å². The summed E-state index contributed by atoms with van der Waals surface area (Å²) in [4.78, 5) is 13.3. The number of amides is 1. The zero-order chi connectivity index (χ0) is 15.4. The van der Waals surface area contributed by atoms with Crippen molar-refractivity contribution in [1.29, 1.82) is 0 Å². The summed E-state index contributed by atoms with van der Waals surface area (Å²) in [6.45, 7) is 7.31. The summed E-state index contributed by atoms with van der Waals surface area (Å²) in [6, 6.07) is 5.07. The van der Waals surface area contributed by atoms with E-state index in [1.165, 1.54) is 16.0 Å². The molecule has 1 heterocycles. The normalized spacial score (nSPS) is 21.1. The van der Waals surface area contributed by atoms with E-state index in [2.05, 4.69) is 59.5 Å². The molecule has 1 amide bonds. The monoisotopic (exact) mass is 406 g/mol. The van der Waals surface area contributed by atoms with E-state index in [1.54, 1.807) is 11.8 Å². The molecule has 1 aliphatic rings. The number of hydrogen-bond acceptors (Lipinski definition) is 3. The van der Waals surface area contributed by atoms with Crippen LogP contribution in [0.4, 0.5) is 0 Å². The van der Waals surface area contributed by atoms with Crippen molar-refractivity contribution in [3.63, 3.8) is 0 Å². The second-order valence-corrected chi connectivity index (χ2v) is 7.67. The summed E-state index contributed by atoms with van der Waals surface area (Å²) < 4.78 is 1.12. The van der Waals surface area contributed by atoms with Crippen LogP contribution in [-0.4, -0.2) is 30.3 Å². The van der Waals surface area contributed by atoms with Crippen molar-refractivity contribution in [3.05, 3.63) is 27.7 Å². The first-order valence-corrected chi connectivity index (χ1v) is 9.16. The predicted octanol–water partition coefficient (Wildman–Crippen LogP) is 3.84. The zero-order valence-corrected chi connectivity index (χ0v) is 16.5. The molecule has 1 aromatic carbocycles. The number of nitrogens with one attached hydrogen (secondary N) is 2. The van der Waals surface area contributed by atoms with Crippen molar-refractivity contribution >= 4 is 46.0 Å². The van der Waals surface area contributed by atoms with Crippen molar-refractivity contribution in [2.45, 2.75) is 50.6 Å². The summed E-state index contributed by atoms with van der Waals surface area (Å²) in [7, 11) is 0. The number of thioether (sulfide) groups is 1. The Morgan fingerprint density at radius 2 is 2.14 bits per heavy atom. The number of rotatable bonds is 4. The molecule has 1 aliphatic heterocycles. The van der Waals surface area contributed by atoms with Gasteiger partial charge in [0, 0.05) is 21.5 Å². The number of aryl methyl sites for hydroxylation is 2. The molecule has 3 nitrogen and oxygen atoms in total. The van der Waals surface area contributed by atoms with Gasteiger partial charge in [-0.1, -0.05) is 15.9 Å². The van der Waals surface area contributed by atoms with Crippen LogP contribution < -0.4 is 10.6 Å². The molecule has 1 saturated heterocycles. The molecule has 0 spiro atoms. The van der Waals surface area contributed by atoms with Crippen LogP contribution >= 0.6 is 40.1 Å². The Labute approximate surface area is 151 Å². The molecule has 2 rings (SSSR count). The van der Waals surface area contributed by atoms with Gasteiger partial charge in [0.15, 0.2) is 0 Å². The second kappa shape index (κ2) is 9.16. The lowest BCUT2D eigenvalue weighted by Gasteiger charge is -2.28. The van der Waals surface area contributed by atoms with E-state index >= 15 is 0 Å². The molecule has 0 bridgehead atoms. The van der Waals surface area contributed by atoms with E-state index in [0.717, 1.165) is 23.9 Å². The fraction of sp³-hybridized carbons (Fsp3) is 0.562. The summed E-state index contributed by atoms with van der Waals surface area (Å²) in [5.74, 6) is 0.624. The Hall–Kier alpha value is -0.230. The van der Waals surface area contributed by atoms with Gasteiger partial charge in [-0.25, -0.2) is 0 Å². The average Bonchev–Trinajstić information content (AvgIpc) is 2.41. The van der Waals surface area contributed by atoms with Crippen molar-refractivity contribution in [1.82, 2.24) is 10.6 Å². The van der Waals surface area contributed by atoms with Crippen molar-refractivity contribution in [2.24, 2.45) is 0 Å². The van der Waals surface area contributed by atoms with Gasteiger partial charge in [0.2, 0.25) is 5.91 Å². The van der Waals surface area contributed by atoms with Gasteiger partial charge in [-0.15, -0.1) is 24.2 Å². The maximum absolute atomic E-state index is 12.1. The maximum Gasteiger partial charge on any atom is 0.230 e. The molecule has 2 unspecified atom stereocenters. The van der Waals surface area contributed by atoms with Crippen LogP contribution in [0.2, 0.25) is 0 Å². The highest BCUT2D eigenvalue weighted by atomic mass is 79.9. The standard InChI is InChI=1S/C16H23BrN2OS.ClH/c1-10-7-15(11(2)6-14(10)17)21-9-16(20)19-13-4-5-18-12(3)8-13;/h6-7,12-13,18H,4-5,8-9H2,1-3H3,(H,19,20);1H. The number of halogens is 2. The largest absolute Gasteiger partial charge is 0.353 e. The zero-order valence-electron chi connectivity index (χ0n) is 13.2. The fourth-order valence-electron chi connectivity index (χ4n) is 2.59. The van der Waals surface area contributed by atoms with Crippen LogP contribution in [0.5, 0.6) is 0 Å². The minimum Gasteiger partial charge on any atom is -0.353 e. The number of carbonyl (C=O) groups excluding carboxylic acids is 1. The van der Waals surface area contributed by atoms with Gasteiger partial charge in [0.05, 0.1) is 5.75 Å². The van der Waals surface area contributed by atoms with Gasteiger partial charge in [-0.3, -0.25) is 4.79 Å². The third kappa shape index (κ3) is 5.76. The van der Waals surface area contributed by atoms with E-state index in [4.69, 9.17) is 0 Å². The summed E-state index contributed by atoms with van der Waals surface area (Å²) in [5.41, 5.74) is 2.41. The Balaban J connectivity index is 0.00000242. The molecule has 0 aromatic heterocycles. The van der Waals surface area contributed by atoms with Gasteiger partial charge in [0.1, 0.15) is 0 Å². The van der Waals surface area contributed by atoms with Gasteiger partial charge >= 0.3 is 0 Å². The van der Waals surface area contributed by atoms with Crippen molar-refractivity contribution in [3.8, 4) is 0 Å². The highest BCUT2D eigenvalue weighted by Gasteiger charge is 2.19. The average molecular weight is 408 g/mol. The topological polar surface area (TPSA) is 41.1 Å². The van der Waals surface area contributed by atoms with Gasteiger partial charge in [0.25, 0.3) is 0 Å². The molecule has 2 atom stereocenters. The highest BCUT2D eigenvalue weighted by molar-refractivity contribution is 9.10. The Morgan fingerprint density at radius 1 is 1.41 bits per heavy atom. The first kappa shape index (κ1) is 19.8. The van der Waals surface area contributed by atoms with Crippen LogP contribution in [-0.2, 0) is 4.79 Å². The SMILES string of the molecule is Cc1cc(SCC(=O)NC2CCNC(C)C2)c(C)cc1Br.Cl. The Bertz CT molecular complexity index is 527. The fourth-order valence-corrected chi connectivity index (χ4v) is 3.96. The van der Waals surface area contributed by atoms with Crippen molar-refractivity contribution < 1.29 is 4.79 Å². The molecule has 1 fully saturated rings. The van der Waals surface area contributed by atoms with Crippen LogP contribution in [0.3, 0.4) is 0 Å². The van der Waals surface area contributed by atoms with Crippen LogP contribution in [0.15, 0.2) is 21.5 Å². The van der Waals surface area contributed by atoms with Crippen molar-refractivity contribution in [2.75, 3.05) is 12.3 Å². The summed E-state index contributed by atoms with van der Waals surface area (Å²) in [5, 5.41) is 6.56. The van der Waals surface area contributed by atoms with E-state index in [0.29, 0.717) is 17.8 Å². The minimum atomic E-state index is 0. The molecule has 6 heteroatoms. The molecular formula is C16H24BrClN2OS. The van der Waals surface area contributed by atoms with Crippen LogP contribution in [0.25, 0.3) is 0 Å². The Morgan fingerprint density at radius 3 is 2.82 bits per heavy atom. The molecule has 0 saturated carbocycles. The van der Waals surface area contributed by atoms with Gasteiger partial charge in [-0.05, 0) is 63.4 Å². The number of carbonyl (C=O) groups is 1. The minimum absolute atomic E-state index is 0. The first-order chi connectivity index (χ1) is 9.95. The second-order valence-electron chi connectivity index (χ2n) is 5.80. The Kier molecular flexibility index (Phi) is 8.25. The highest BCUT2D eigenvalue weighted by Crippen LogP contribution is 2.28. The van der Waals surface area contributed by atoms with Gasteiger partial charge < -0.3 is 10.6 Å². The van der Waals surface area contributed by atoms with Crippen LogP contribution in [0, 0.1) is 13.8 Å². The molecule has 1 aromatic rings. The lowest BCUT2D eigenvalue weighted by atomic mass is 10.0. The molecule has 0 aliphatic carbocycles. The van der Waals surface area contributed by atoms with E-state index in [1.807, 2.05) is 0 Å². The van der Waals surface area contributed by atoms with E-state index < -0.39 is 0 Å². The lowest BCUT2D eigenvalue weighted by Crippen LogP contribution is -2.47. The summed E-state index contributed by atoms with van der Waals surface area (Å²) in [6.07, 6.45) is 2.05. The molecule has 22 heavy (non-hydrogen) atoms. The smallest absolute Gasteiger partial charge is 0.230 e. The molecule has 2 N–H and O–H groups in total. The number of piperidine rings is 1. The quantitative estimate of drug-likeness (QED) is 0.745. The molecule has 0 radical (unpaired) electrons. The summed E-state index contributed by atoms with van der Waals surface area (Å²) >= 11 is 5.16.